The number of imidazole rings is 1. The zero-order chi connectivity index (χ0) is 13.4. The second-order valence-electron chi connectivity index (χ2n) is 4.97. The first-order valence-corrected chi connectivity index (χ1v) is 6.37. The molecule has 1 saturated carbocycles. The molecule has 1 aliphatic carbocycles. The van der Waals surface area contributed by atoms with E-state index in [0.717, 1.165) is 12.8 Å². The van der Waals surface area contributed by atoms with Gasteiger partial charge in [0.25, 0.3) is 0 Å². The highest BCUT2D eigenvalue weighted by molar-refractivity contribution is 5.72. The lowest BCUT2D eigenvalue weighted by atomic mass is 9.93. The van der Waals surface area contributed by atoms with Crippen LogP contribution in [-0.4, -0.2) is 25.7 Å². The van der Waals surface area contributed by atoms with Crippen LogP contribution in [0.1, 0.15) is 37.3 Å². The highest BCUT2D eigenvalue weighted by atomic mass is 16.3. The maximum Gasteiger partial charge on any atom is 0.327 e. The summed E-state index contributed by atoms with van der Waals surface area (Å²) in [5.41, 5.74) is 1.42. The first-order valence-electron chi connectivity index (χ1n) is 6.37. The highest BCUT2D eigenvalue weighted by Crippen LogP contribution is 2.29. The van der Waals surface area contributed by atoms with Crippen molar-refractivity contribution in [3.05, 3.63) is 28.3 Å². The fraction of sp³-hybridized carbons (Fsp3) is 0.462. The molecule has 2 aromatic rings. The van der Waals surface area contributed by atoms with Gasteiger partial charge in [0, 0.05) is 12.2 Å². The number of rotatable bonds is 1. The van der Waals surface area contributed by atoms with Crippen molar-refractivity contribution in [2.45, 2.75) is 37.8 Å². The lowest BCUT2D eigenvalue weighted by Gasteiger charge is -2.25. The summed E-state index contributed by atoms with van der Waals surface area (Å²) in [6.45, 7) is 0. The van der Waals surface area contributed by atoms with E-state index in [0.29, 0.717) is 29.6 Å². The zero-order valence-corrected chi connectivity index (χ0v) is 10.3. The number of nitrogens with zero attached hydrogens (tertiary/aromatic N) is 3. The number of pyridine rings is 1. The molecule has 0 aliphatic heterocycles. The summed E-state index contributed by atoms with van der Waals surface area (Å²) in [4.78, 5) is 19.0. The lowest BCUT2D eigenvalue weighted by molar-refractivity contribution is 0.111. The molecule has 6 heteroatoms. The monoisotopic (exact) mass is 258 g/mol. The molecule has 98 valence electrons. The minimum absolute atomic E-state index is 0.0742. The van der Waals surface area contributed by atoms with Gasteiger partial charge in [0.15, 0.2) is 5.65 Å². The third-order valence-electron chi connectivity index (χ3n) is 3.72. The van der Waals surface area contributed by atoms with E-state index >= 15 is 0 Å². The summed E-state index contributed by atoms with van der Waals surface area (Å²) in [6.07, 6.45) is 4.19. The van der Waals surface area contributed by atoms with Crippen LogP contribution in [-0.2, 0) is 0 Å². The number of fused-ring (bicyclic) bond motifs is 1. The second kappa shape index (κ2) is 4.52. The Labute approximate surface area is 109 Å². The predicted octanol–water partition coefficient (Wildman–Crippen LogP) is 1.07. The van der Waals surface area contributed by atoms with Crippen molar-refractivity contribution in [2.24, 2.45) is 0 Å². The van der Waals surface area contributed by atoms with Crippen LogP contribution in [0.4, 0.5) is 0 Å². The van der Waals surface area contributed by atoms with Crippen molar-refractivity contribution in [3.8, 4) is 6.07 Å². The molecule has 2 heterocycles. The Balaban J connectivity index is 2.06. The van der Waals surface area contributed by atoms with Gasteiger partial charge >= 0.3 is 5.69 Å². The van der Waals surface area contributed by atoms with Crippen LogP contribution < -0.4 is 5.69 Å². The SMILES string of the molecule is N#Cc1cnc2c(c1)[nH]c(=O)n2[C@H]1CC[C@H](O)CC1. The first kappa shape index (κ1) is 11.9. The average Bonchev–Trinajstić information content (AvgIpc) is 2.74. The standard InChI is InChI=1S/C13H14N4O2/c14-6-8-5-11-12(15-7-8)17(13(19)16-11)9-1-3-10(18)4-2-9/h5,7,9-10,18H,1-4H2,(H,16,19)/t9-,10-. The summed E-state index contributed by atoms with van der Waals surface area (Å²) < 4.78 is 1.66. The molecule has 0 saturated heterocycles. The average molecular weight is 258 g/mol. The number of aliphatic hydroxyl groups excluding tert-OH is 1. The summed E-state index contributed by atoms with van der Waals surface area (Å²) >= 11 is 0. The van der Waals surface area contributed by atoms with Gasteiger partial charge in [0.2, 0.25) is 0 Å². The van der Waals surface area contributed by atoms with Gasteiger partial charge in [0.05, 0.1) is 17.2 Å². The van der Waals surface area contributed by atoms with Crippen molar-refractivity contribution in [1.82, 2.24) is 14.5 Å². The molecule has 1 aliphatic rings. The summed E-state index contributed by atoms with van der Waals surface area (Å²) in [5, 5.41) is 18.4. The van der Waals surface area contributed by atoms with E-state index in [1.54, 1.807) is 10.6 Å². The maximum absolute atomic E-state index is 12.0. The molecular formula is C13H14N4O2. The van der Waals surface area contributed by atoms with E-state index in [1.807, 2.05) is 6.07 Å². The number of aromatic amines is 1. The van der Waals surface area contributed by atoms with E-state index < -0.39 is 0 Å². The molecule has 0 aromatic carbocycles. The predicted molar refractivity (Wildman–Crippen MR) is 68.6 cm³/mol. The Morgan fingerprint density at radius 1 is 1.42 bits per heavy atom. The number of H-pyrrole nitrogens is 1. The number of aliphatic hydroxyl groups is 1. The summed E-state index contributed by atoms with van der Waals surface area (Å²) in [7, 11) is 0. The van der Waals surface area contributed by atoms with E-state index in [1.165, 1.54) is 6.20 Å². The molecule has 0 unspecified atom stereocenters. The molecule has 0 spiro atoms. The van der Waals surface area contributed by atoms with Crippen LogP contribution >= 0.6 is 0 Å². The molecule has 0 amide bonds. The maximum atomic E-state index is 12.0. The Morgan fingerprint density at radius 3 is 2.84 bits per heavy atom. The number of aromatic nitrogens is 3. The van der Waals surface area contributed by atoms with E-state index in [4.69, 9.17) is 5.26 Å². The molecule has 0 radical (unpaired) electrons. The number of nitriles is 1. The van der Waals surface area contributed by atoms with Gasteiger partial charge in [-0.25, -0.2) is 9.78 Å². The fourth-order valence-electron chi connectivity index (χ4n) is 2.73. The summed E-state index contributed by atoms with van der Waals surface area (Å²) in [6, 6.07) is 3.72. The summed E-state index contributed by atoms with van der Waals surface area (Å²) in [5.74, 6) is 0. The van der Waals surface area contributed by atoms with E-state index in [-0.39, 0.29) is 17.8 Å². The van der Waals surface area contributed by atoms with Gasteiger partial charge in [-0.1, -0.05) is 0 Å². The van der Waals surface area contributed by atoms with Gasteiger partial charge in [-0.3, -0.25) is 4.57 Å². The Hall–Kier alpha value is -2.13. The highest BCUT2D eigenvalue weighted by Gasteiger charge is 2.24. The third kappa shape index (κ3) is 2.02. The quantitative estimate of drug-likeness (QED) is 0.800. The van der Waals surface area contributed by atoms with Crippen LogP contribution in [0.5, 0.6) is 0 Å². The smallest absolute Gasteiger partial charge is 0.327 e. The minimum atomic E-state index is -0.254. The topological polar surface area (TPSA) is 94.7 Å². The van der Waals surface area contributed by atoms with Crippen LogP contribution in [0.15, 0.2) is 17.1 Å². The van der Waals surface area contributed by atoms with Crippen molar-refractivity contribution in [3.63, 3.8) is 0 Å². The molecule has 6 nitrogen and oxygen atoms in total. The van der Waals surface area contributed by atoms with Gasteiger partial charge in [0.1, 0.15) is 6.07 Å². The molecular weight excluding hydrogens is 244 g/mol. The van der Waals surface area contributed by atoms with E-state index in [9.17, 15) is 9.90 Å². The normalized spacial score (nSPS) is 23.4. The van der Waals surface area contributed by atoms with Crippen molar-refractivity contribution >= 4 is 11.2 Å². The van der Waals surface area contributed by atoms with Gasteiger partial charge < -0.3 is 10.1 Å². The van der Waals surface area contributed by atoms with Crippen LogP contribution in [0.2, 0.25) is 0 Å². The molecule has 19 heavy (non-hydrogen) atoms. The van der Waals surface area contributed by atoms with E-state index in [2.05, 4.69) is 9.97 Å². The Morgan fingerprint density at radius 2 is 2.16 bits per heavy atom. The molecule has 0 bridgehead atoms. The van der Waals surface area contributed by atoms with Crippen LogP contribution in [0.25, 0.3) is 11.2 Å². The second-order valence-corrected chi connectivity index (χ2v) is 4.97. The van der Waals surface area contributed by atoms with Crippen molar-refractivity contribution in [1.29, 1.82) is 5.26 Å². The third-order valence-corrected chi connectivity index (χ3v) is 3.72. The number of nitrogens with one attached hydrogen (secondary N) is 1. The Kier molecular flexibility index (Phi) is 2.84. The van der Waals surface area contributed by atoms with Crippen molar-refractivity contribution < 1.29 is 5.11 Å². The molecule has 2 N–H and O–H groups in total. The lowest BCUT2D eigenvalue weighted by Crippen LogP contribution is -2.27. The van der Waals surface area contributed by atoms with Crippen molar-refractivity contribution in [2.75, 3.05) is 0 Å². The number of hydrogen-bond acceptors (Lipinski definition) is 4. The molecule has 3 rings (SSSR count). The van der Waals surface area contributed by atoms with Crippen LogP contribution in [0.3, 0.4) is 0 Å². The largest absolute Gasteiger partial charge is 0.393 e. The van der Waals surface area contributed by atoms with Gasteiger partial charge in [-0.2, -0.15) is 5.26 Å². The minimum Gasteiger partial charge on any atom is -0.393 e. The molecule has 2 aromatic heterocycles. The number of hydrogen-bond donors (Lipinski definition) is 2. The van der Waals surface area contributed by atoms with Gasteiger partial charge in [-0.15, -0.1) is 0 Å². The molecule has 0 atom stereocenters. The molecule has 1 fully saturated rings. The van der Waals surface area contributed by atoms with Gasteiger partial charge in [-0.05, 0) is 31.7 Å². The first-order chi connectivity index (χ1) is 9.19. The van der Waals surface area contributed by atoms with Crippen LogP contribution in [0, 0.1) is 11.3 Å². The zero-order valence-electron chi connectivity index (χ0n) is 10.3. The Bertz CT molecular complexity index is 701. The fourth-order valence-corrected chi connectivity index (χ4v) is 2.73.